The third-order valence-electron chi connectivity index (χ3n) is 8.96. The number of fused-ring (bicyclic) bond motifs is 6. The number of carbonyl (C=O) groups is 2. The van der Waals surface area contributed by atoms with Gasteiger partial charge in [0.2, 0.25) is 5.95 Å². The molecule has 4 aromatic heterocycles. The molecular formula is C30H31FN8O4. The van der Waals surface area contributed by atoms with Gasteiger partial charge in [0.25, 0.3) is 5.91 Å². The summed E-state index contributed by atoms with van der Waals surface area (Å²) in [6, 6.07) is 6.71. The smallest absolute Gasteiger partial charge is 0.409 e. The van der Waals surface area contributed by atoms with Crippen LogP contribution in [-0.4, -0.2) is 84.0 Å². The molecule has 8 rings (SSSR count). The van der Waals surface area contributed by atoms with Crippen molar-refractivity contribution in [1.29, 1.82) is 0 Å². The first-order chi connectivity index (χ1) is 20.7. The number of ether oxygens (including phenoxy) is 1. The lowest BCUT2D eigenvalue weighted by Crippen LogP contribution is -2.44. The molecule has 2 aliphatic heterocycles. The first-order valence-corrected chi connectivity index (χ1v) is 14.2. The predicted molar refractivity (Wildman–Crippen MR) is 157 cm³/mol. The Labute approximate surface area is 245 Å². The first-order valence-electron chi connectivity index (χ1n) is 14.2. The van der Waals surface area contributed by atoms with Gasteiger partial charge in [-0.05, 0) is 37.0 Å². The second kappa shape index (κ2) is 9.82. The fraction of sp³-hybridized carbons (Fsp3) is 0.367. The number of amides is 2. The van der Waals surface area contributed by atoms with E-state index in [0.29, 0.717) is 71.2 Å². The van der Waals surface area contributed by atoms with Gasteiger partial charge in [0.1, 0.15) is 5.65 Å². The summed E-state index contributed by atoms with van der Waals surface area (Å²) in [5, 5.41) is 4.59. The fourth-order valence-electron chi connectivity index (χ4n) is 6.79. The Balaban J connectivity index is 1.55. The van der Waals surface area contributed by atoms with Gasteiger partial charge >= 0.3 is 11.8 Å². The van der Waals surface area contributed by atoms with Gasteiger partial charge in [0.15, 0.2) is 0 Å². The minimum absolute atomic E-state index is 0.183. The van der Waals surface area contributed by atoms with Crippen LogP contribution in [0.15, 0.2) is 41.5 Å². The molecule has 3 aliphatic rings. The highest BCUT2D eigenvalue weighted by atomic mass is 19.1. The zero-order valence-corrected chi connectivity index (χ0v) is 24.3. The average molecular weight is 587 g/mol. The highest BCUT2D eigenvalue weighted by Gasteiger charge is 2.36. The summed E-state index contributed by atoms with van der Waals surface area (Å²) in [7, 11) is 6.41. The summed E-state index contributed by atoms with van der Waals surface area (Å²) >= 11 is 0. The maximum absolute atomic E-state index is 15.2. The molecular weight excluding hydrogens is 555 g/mol. The maximum Gasteiger partial charge on any atom is 0.409 e. The molecule has 1 fully saturated rings. The van der Waals surface area contributed by atoms with Crippen molar-refractivity contribution in [2.24, 2.45) is 14.1 Å². The van der Waals surface area contributed by atoms with Gasteiger partial charge in [0.05, 0.1) is 41.0 Å². The number of halogens is 1. The van der Waals surface area contributed by atoms with Gasteiger partial charge in [-0.1, -0.05) is 12.1 Å². The van der Waals surface area contributed by atoms with Crippen LogP contribution in [0.5, 0.6) is 0 Å². The van der Waals surface area contributed by atoms with Crippen LogP contribution in [-0.2, 0) is 18.8 Å². The molecule has 1 saturated carbocycles. The minimum atomic E-state index is -0.644. The summed E-state index contributed by atoms with van der Waals surface area (Å²) < 4.78 is 25.1. The van der Waals surface area contributed by atoms with Crippen molar-refractivity contribution in [3.8, 4) is 22.4 Å². The van der Waals surface area contributed by atoms with Gasteiger partial charge in [-0.3, -0.25) is 18.6 Å². The van der Waals surface area contributed by atoms with Gasteiger partial charge in [0, 0.05) is 63.6 Å². The number of imidazole rings is 1. The van der Waals surface area contributed by atoms with Crippen LogP contribution < -0.4 is 5.69 Å². The van der Waals surface area contributed by atoms with Crippen molar-refractivity contribution >= 4 is 34.1 Å². The van der Waals surface area contributed by atoms with E-state index in [2.05, 4.69) is 15.1 Å². The van der Waals surface area contributed by atoms with Crippen LogP contribution in [0.25, 0.3) is 44.5 Å². The lowest BCUT2D eigenvalue weighted by molar-refractivity contribution is 0.0734. The number of aromatic nitrogens is 6. The van der Waals surface area contributed by atoms with Crippen molar-refractivity contribution in [3.05, 3.63) is 58.7 Å². The lowest BCUT2D eigenvalue weighted by atomic mass is 9.98. The number of hydrogen-bond acceptors (Lipinski definition) is 6. The summed E-state index contributed by atoms with van der Waals surface area (Å²) in [5.74, 6) is -0.833. The molecule has 0 spiro atoms. The third kappa shape index (κ3) is 4.05. The Morgan fingerprint density at radius 2 is 1.77 bits per heavy atom. The number of H-pyrrole nitrogens is 1. The first kappa shape index (κ1) is 26.9. The Morgan fingerprint density at radius 3 is 2.47 bits per heavy atom. The molecule has 1 N–H and O–H groups in total. The topological polar surface area (TPSA) is 123 Å². The molecule has 6 heterocycles. The molecule has 5 aromatic rings. The second-order valence-corrected chi connectivity index (χ2v) is 11.4. The summed E-state index contributed by atoms with van der Waals surface area (Å²) in [6.45, 7) is 0.606. The van der Waals surface area contributed by atoms with Crippen molar-refractivity contribution in [1.82, 2.24) is 38.7 Å². The highest BCUT2D eigenvalue weighted by Crippen LogP contribution is 2.43. The number of pyridine rings is 1. The van der Waals surface area contributed by atoms with E-state index in [1.54, 1.807) is 60.0 Å². The molecule has 0 saturated heterocycles. The van der Waals surface area contributed by atoms with Crippen LogP contribution in [0.2, 0.25) is 0 Å². The van der Waals surface area contributed by atoms with Crippen molar-refractivity contribution in [2.75, 3.05) is 27.2 Å². The van der Waals surface area contributed by atoms with E-state index in [9.17, 15) is 14.4 Å². The van der Waals surface area contributed by atoms with Crippen LogP contribution in [0.4, 0.5) is 9.18 Å². The minimum Gasteiger partial charge on any atom is -0.453 e. The molecule has 1 aliphatic carbocycles. The third-order valence-corrected chi connectivity index (χ3v) is 8.96. The van der Waals surface area contributed by atoms with Crippen LogP contribution in [0.3, 0.4) is 0 Å². The zero-order valence-electron chi connectivity index (χ0n) is 24.3. The Kier molecular flexibility index (Phi) is 6.15. The molecule has 0 unspecified atom stereocenters. The van der Waals surface area contributed by atoms with Crippen LogP contribution >= 0.6 is 0 Å². The molecule has 13 heteroatoms. The summed E-state index contributed by atoms with van der Waals surface area (Å²) in [4.78, 5) is 51.4. The van der Waals surface area contributed by atoms with E-state index in [4.69, 9.17) is 4.74 Å². The number of rotatable bonds is 1. The number of aryl methyl sites for hydroxylation is 2. The maximum atomic E-state index is 15.2. The van der Waals surface area contributed by atoms with Crippen LogP contribution in [0, 0.1) is 5.95 Å². The normalized spacial score (nSPS) is 19.0. The number of nitrogens with one attached hydrogen (secondary N) is 1. The standard InChI is InChI=1S/C30H31FN8O4/c1-35-11-12-38(30(42)43-4)18-9-10-19(13-18)39-25-21(37(3)29(39)41)14-32-27-23(25)22(16-5-7-17(8-6-16)28(35)40)24(33-27)20-15-36(2)34-26(20)31/h5-8,14-15,18-19H,9-13H2,1-4H3,(H,32,33)/t18-,19-/m1/s1. The largest absolute Gasteiger partial charge is 0.453 e. The van der Waals surface area contributed by atoms with E-state index >= 15 is 4.39 Å². The van der Waals surface area contributed by atoms with Crippen molar-refractivity contribution < 1.29 is 18.7 Å². The zero-order chi connectivity index (χ0) is 30.2. The Hall–Kier alpha value is -4.94. The van der Waals surface area contributed by atoms with Crippen molar-refractivity contribution in [3.63, 3.8) is 0 Å². The predicted octanol–water partition coefficient (Wildman–Crippen LogP) is 3.67. The number of carbonyl (C=O) groups excluding carboxylic acids is 2. The van der Waals surface area contributed by atoms with Gasteiger partial charge in [-0.15, -0.1) is 5.10 Å². The van der Waals surface area contributed by atoms with Gasteiger partial charge in [-0.2, -0.15) is 4.39 Å². The van der Waals surface area contributed by atoms with E-state index in [1.165, 1.54) is 11.8 Å². The number of nitrogens with zero attached hydrogens (tertiary/aromatic N) is 7. The fourth-order valence-corrected chi connectivity index (χ4v) is 6.79. The number of likely N-dealkylation sites (N-methyl/N-ethyl adjacent to an activating group) is 1. The van der Waals surface area contributed by atoms with E-state index < -0.39 is 12.0 Å². The van der Waals surface area contributed by atoms with E-state index in [1.807, 2.05) is 16.7 Å². The molecule has 222 valence electrons. The Morgan fingerprint density at radius 1 is 1.05 bits per heavy atom. The molecule has 43 heavy (non-hydrogen) atoms. The second-order valence-electron chi connectivity index (χ2n) is 11.4. The molecule has 12 nitrogen and oxygen atoms in total. The molecule has 0 radical (unpaired) electrons. The molecule has 1 aromatic carbocycles. The van der Waals surface area contributed by atoms with E-state index in [-0.39, 0.29) is 29.2 Å². The number of benzene rings is 1. The highest BCUT2D eigenvalue weighted by molar-refractivity contribution is 6.14. The monoisotopic (exact) mass is 586 g/mol. The lowest BCUT2D eigenvalue weighted by Gasteiger charge is -2.30. The SMILES string of the molecule is COC(=O)N1CCN(C)C(=O)c2ccc(cc2)-c2c(-c3cn(C)nc3F)[nH]c3ncc4c(c23)n(c(=O)n4C)[C@@H]2CC[C@@H]1C2. The van der Waals surface area contributed by atoms with Gasteiger partial charge < -0.3 is 19.5 Å². The summed E-state index contributed by atoms with van der Waals surface area (Å²) in [5.41, 5.74) is 4.21. The molecule has 4 bridgehead atoms. The Bertz CT molecular complexity index is 1990. The number of aromatic amines is 1. The summed E-state index contributed by atoms with van der Waals surface area (Å²) in [6.07, 6.45) is 4.65. The quantitative estimate of drug-likeness (QED) is 0.320. The number of methoxy groups -OCH3 is 1. The van der Waals surface area contributed by atoms with Crippen molar-refractivity contribution in [2.45, 2.75) is 31.3 Å². The van der Waals surface area contributed by atoms with E-state index in [0.717, 1.165) is 5.56 Å². The average Bonchev–Trinajstić information content (AvgIpc) is 3.76. The number of hydrogen-bond donors (Lipinski definition) is 1. The van der Waals surface area contributed by atoms with Gasteiger partial charge in [-0.25, -0.2) is 14.6 Å². The molecule has 2 amide bonds. The van der Waals surface area contributed by atoms with Crippen LogP contribution in [0.1, 0.15) is 35.7 Å². The molecule has 2 atom stereocenters.